The van der Waals surface area contributed by atoms with Crippen molar-refractivity contribution in [2.45, 2.75) is 27.2 Å². The van der Waals surface area contributed by atoms with E-state index in [9.17, 15) is 4.79 Å². The number of carbonyl (C=O) groups is 1. The Morgan fingerprint density at radius 1 is 1.56 bits per heavy atom. The average Bonchev–Trinajstić information content (AvgIpc) is 2.83. The van der Waals surface area contributed by atoms with Crippen LogP contribution in [-0.4, -0.2) is 16.1 Å². The number of H-pyrrole nitrogens is 1. The van der Waals surface area contributed by atoms with Crippen molar-refractivity contribution < 1.29 is 9.21 Å². The van der Waals surface area contributed by atoms with E-state index in [0.717, 1.165) is 23.2 Å². The third-order valence-corrected chi connectivity index (χ3v) is 3.18. The third-order valence-electron chi connectivity index (χ3n) is 2.79. The first kappa shape index (κ1) is 12.9. The average molecular weight is 312 g/mol. The Hall–Kier alpha value is -1.56. The zero-order chi connectivity index (χ0) is 13.3. The second-order valence-corrected chi connectivity index (χ2v) is 4.83. The number of aromatic nitrogens is 2. The molecule has 2 rings (SSSR count). The van der Waals surface area contributed by atoms with E-state index in [0.29, 0.717) is 16.2 Å². The number of nitrogens with one attached hydrogen (secondary N) is 2. The maximum Gasteiger partial charge on any atom is 0.292 e. The van der Waals surface area contributed by atoms with E-state index < -0.39 is 0 Å². The van der Waals surface area contributed by atoms with Crippen LogP contribution in [-0.2, 0) is 6.42 Å². The summed E-state index contributed by atoms with van der Waals surface area (Å²) >= 11 is 3.20. The lowest BCUT2D eigenvalue weighted by atomic mass is 10.2. The van der Waals surface area contributed by atoms with Crippen LogP contribution in [0.15, 0.2) is 15.2 Å². The molecule has 6 heteroatoms. The molecule has 5 nitrogen and oxygen atoms in total. The highest BCUT2D eigenvalue weighted by Gasteiger charge is 2.17. The van der Waals surface area contributed by atoms with Crippen molar-refractivity contribution in [2.75, 3.05) is 5.32 Å². The summed E-state index contributed by atoms with van der Waals surface area (Å²) in [6, 6.07) is 1.75. The molecule has 2 aromatic rings. The van der Waals surface area contributed by atoms with Crippen LogP contribution in [0.2, 0.25) is 0 Å². The van der Waals surface area contributed by atoms with Crippen molar-refractivity contribution in [2.24, 2.45) is 0 Å². The van der Waals surface area contributed by atoms with E-state index >= 15 is 0 Å². The highest BCUT2D eigenvalue weighted by atomic mass is 79.9. The lowest BCUT2D eigenvalue weighted by molar-refractivity contribution is 0.0994. The SMILES string of the molecule is CCc1[nH]nc(NC(=O)c2oc(Br)cc2C)c1C. The number of hydrogen-bond donors (Lipinski definition) is 2. The summed E-state index contributed by atoms with van der Waals surface area (Å²) in [5.41, 5.74) is 2.75. The Bertz CT molecular complexity index is 586. The number of anilines is 1. The molecule has 0 unspecified atom stereocenters. The Morgan fingerprint density at radius 3 is 2.78 bits per heavy atom. The highest BCUT2D eigenvalue weighted by Crippen LogP contribution is 2.22. The molecule has 0 aliphatic rings. The van der Waals surface area contributed by atoms with Crippen LogP contribution in [0.1, 0.15) is 34.3 Å². The maximum absolute atomic E-state index is 12.0. The molecule has 2 heterocycles. The fourth-order valence-electron chi connectivity index (χ4n) is 1.73. The predicted octanol–water partition coefficient (Wildman–Crippen LogP) is 3.20. The Labute approximate surface area is 113 Å². The standard InChI is InChI=1S/C12H14BrN3O2/c1-4-8-7(3)11(16-15-8)14-12(17)10-6(2)5-9(13)18-10/h5H,4H2,1-3H3,(H2,14,15,16,17). The molecule has 2 N–H and O–H groups in total. The first-order valence-electron chi connectivity index (χ1n) is 5.64. The van der Waals surface area contributed by atoms with Crippen molar-refractivity contribution >= 4 is 27.7 Å². The molecule has 0 saturated carbocycles. The van der Waals surface area contributed by atoms with Crippen LogP contribution in [0.25, 0.3) is 0 Å². The van der Waals surface area contributed by atoms with Crippen molar-refractivity contribution in [3.8, 4) is 0 Å². The van der Waals surface area contributed by atoms with Crippen LogP contribution in [0.3, 0.4) is 0 Å². The molecule has 0 fully saturated rings. The molecule has 18 heavy (non-hydrogen) atoms. The summed E-state index contributed by atoms with van der Waals surface area (Å²) in [5.74, 6) is 0.543. The van der Waals surface area contributed by atoms with Gasteiger partial charge in [-0.2, -0.15) is 5.10 Å². The number of aryl methyl sites for hydroxylation is 2. The monoisotopic (exact) mass is 311 g/mol. The van der Waals surface area contributed by atoms with Crippen LogP contribution < -0.4 is 5.32 Å². The molecule has 0 radical (unpaired) electrons. The summed E-state index contributed by atoms with van der Waals surface area (Å²) in [6.45, 7) is 5.76. The van der Waals surface area contributed by atoms with Gasteiger partial charge in [-0.15, -0.1) is 0 Å². The first-order valence-corrected chi connectivity index (χ1v) is 6.43. The largest absolute Gasteiger partial charge is 0.444 e. The minimum atomic E-state index is -0.296. The second kappa shape index (κ2) is 4.97. The summed E-state index contributed by atoms with van der Waals surface area (Å²) < 4.78 is 5.83. The van der Waals surface area contributed by atoms with Gasteiger partial charge in [-0.25, -0.2) is 0 Å². The van der Waals surface area contributed by atoms with E-state index in [-0.39, 0.29) is 5.91 Å². The zero-order valence-corrected chi connectivity index (χ0v) is 12.0. The Morgan fingerprint density at radius 2 is 2.28 bits per heavy atom. The number of rotatable bonds is 3. The molecule has 0 aliphatic carbocycles. The van der Waals surface area contributed by atoms with Gasteiger partial charge in [0, 0.05) is 16.8 Å². The molecule has 0 aliphatic heterocycles. The molecule has 0 atom stereocenters. The maximum atomic E-state index is 12.0. The van der Waals surface area contributed by atoms with E-state index in [1.54, 1.807) is 6.07 Å². The summed E-state index contributed by atoms with van der Waals surface area (Å²) in [5, 5.41) is 9.71. The number of nitrogens with zero attached hydrogens (tertiary/aromatic N) is 1. The van der Waals surface area contributed by atoms with Gasteiger partial charge in [-0.05, 0) is 42.3 Å². The molecule has 0 aromatic carbocycles. The summed E-state index contributed by atoms with van der Waals surface area (Å²) in [4.78, 5) is 12.0. The van der Waals surface area contributed by atoms with Crippen LogP contribution in [0.4, 0.5) is 5.82 Å². The van der Waals surface area contributed by atoms with Crippen molar-refractivity contribution in [3.05, 3.63) is 33.3 Å². The van der Waals surface area contributed by atoms with Gasteiger partial charge in [0.1, 0.15) is 0 Å². The van der Waals surface area contributed by atoms with Gasteiger partial charge < -0.3 is 9.73 Å². The molecular weight excluding hydrogens is 298 g/mol. The molecule has 0 bridgehead atoms. The van der Waals surface area contributed by atoms with Gasteiger partial charge >= 0.3 is 0 Å². The topological polar surface area (TPSA) is 70.9 Å². The van der Waals surface area contributed by atoms with E-state index in [4.69, 9.17) is 4.42 Å². The first-order chi connectivity index (χ1) is 8.52. The number of hydrogen-bond acceptors (Lipinski definition) is 3. The van der Waals surface area contributed by atoms with Crippen molar-refractivity contribution in [3.63, 3.8) is 0 Å². The molecule has 0 saturated heterocycles. The third kappa shape index (κ3) is 2.33. The quantitative estimate of drug-likeness (QED) is 0.914. The predicted molar refractivity (Wildman–Crippen MR) is 71.8 cm³/mol. The van der Waals surface area contributed by atoms with Crippen LogP contribution in [0.5, 0.6) is 0 Å². The second-order valence-electron chi connectivity index (χ2n) is 4.05. The molecular formula is C12H14BrN3O2. The van der Waals surface area contributed by atoms with E-state index in [1.165, 1.54) is 0 Å². The minimum Gasteiger partial charge on any atom is -0.444 e. The Kier molecular flexibility index (Phi) is 3.56. The minimum absolute atomic E-state index is 0.294. The summed E-state index contributed by atoms with van der Waals surface area (Å²) in [6.07, 6.45) is 0.847. The Balaban J connectivity index is 2.21. The van der Waals surface area contributed by atoms with E-state index in [1.807, 2.05) is 20.8 Å². The normalized spacial score (nSPS) is 10.7. The number of furan rings is 1. The fraction of sp³-hybridized carbons (Fsp3) is 0.333. The molecule has 0 spiro atoms. The zero-order valence-electron chi connectivity index (χ0n) is 10.4. The van der Waals surface area contributed by atoms with Crippen molar-refractivity contribution in [1.82, 2.24) is 10.2 Å². The van der Waals surface area contributed by atoms with Gasteiger partial charge in [0.25, 0.3) is 5.91 Å². The van der Waals surface area contributed by atoms with Gasteiger partial charge in [-0.3, -0.25) is 9.89 Å². The molecule has 96 valence electrons. The highest BCUT2D eigenvalue weighted by molar-refractivity contribution is 9.10. The van der Waals surface area contributed by atoms with Gasteiger partial charge in [0.2, 0.25) is 0 Å². The van der Waals surface area contributed by atoms with Crippen LogP contribution >= 0.6 is 15.9 Å². The molecule has 2 aromatic heterocycles. The fourth-order valence-corrected chi connectivity index (χ4v) is 2.24. The van der Waals surface area contributed by atoms with Crippen LogP contribution in [0, 0.1) is 13.8 Å². The van der Waals surface area contributed by atoms with Gasteiger partial charge in [-0.1, -0.05) is 6.92 Å². The smallest absolute Gasteiger partial charge is 0.292 e. The van der Waals surface area contributed by atoms with Crippen molar-refractivity contribution in [1.29, 1.82) is 0 Å². The van der Waals surface area contributed by atoms with Gasteiger partial charge in [0.15, 0.2) is 16.2 Å². The number of amides is 1. The van der Waals surface area contributed by atoms with E-state index in [2.05, 4.69) is 31.4 Å². The van der Waals surface area contributed by atoms with Gasteiger partial charge in [0.05, 0.1) is 0 Å². The summed E-state index contributed by atoms with van der Waals surface area (Å²) in [7, 11) is 0. The lowest BCUT2D eigenvalue weighted by Crippen LogP contribution is -2.13. The number of halogens is 1. The number of aromatic amines is 1. The number of carbonyl (C=O) groups excluding carboxylic acids is 1. The molecule has 1 amide bonds. The lowest BCUT2D eigenvalue weighted by Gasteiger charge is -2.01.